The van der Waals surface area contributed by atoms with Gasteiger partial charge in [-0.2, -0.15) is 0 Å². The summed E-state index contributed by atoms with van der Waals surface area (Å²) in [7, 11) is 1.79. The van der Waals surface area contributed by atoms with Gasteiger partial charge in [0.1, 0.15) is 5.82 Å². The molecule has 5 nitrogen and oxygen atoms in total. The molecule has 6 heteroatoms. The number of rotatable bonds is 5. The number of nitrogens with one attached hydrogen (secondary N) is 1. The van der Waals surface area contributed by atoms with Crippen molar-refractivity contribution >= 4 is 17.5 Å². The Hall–Kier alpha value is -3.20. The van der Waals surface area contributed by atoms with Gasteiger partial charge in [-0.3, -0.25) is 9.59 Å². The van der Waals surface area contributed by atoms with Gasteiger partial charge in [0, 0.05) is 36.7 Å². The number of hydrogen-bond acceptors (Lipinski definition) is 2. The van der Waals surface area contributed by atoms with Crippen molar-refractivity contribution in [1.82, 2.24) is 10.2 Å². The molecule has 0 spiro atoms. The molecule has 3 rings (SSSR count). The predicted molar refractivity (Wildman–Crippen MR) is 110 cm³/mol. The zero-order valence-corrected chi connectivity index (χ0v) is 16.6. The van der Waals surface area contributed by atoms with Crippen LogP contribution in [0, 0.1) is 12.4 Å². The minimum atomic E-state index is -0.458. The van der Waals surface area contributed by atoms with Crippen LogP contribution in [0.4, 0.5) is 10.1 Å². The molecule has 0 aromatic heterocycles. The average molecular weight is 393 g/mol. The summed E-state index contributed by atoms with van der Waals surface area (Å²) in [5.74, 6) is -0.509. The number of benzene rings is 2. The van der Waals surface area contributed by atoms with Gasteiger partial charge < -0.3 is 10.2 Å². The number of halogens is 1. The van der Waals surface area contributed by atoms with Gasteiger partial charge in [0.25, 0.3) is 5.91 Å². The third-order valence-electron chi connectivity index (χ3n) is 5.48. The molecule has 2 aromatic rings. The first-order valence-corrected chi connectivity index (χ1v) is 9.77. The van der Waals surface area contributed by atoms with E-state index in [1.54, 1.807) is 48.3 Å². The zero-order chi connectivity index (χ0) is 21.0. The van der Waals surface area contributed by atoms with Gasteiger partial charge in [-0.1, -0.05) is 31.2 Å². The summed E-state index contributed by atoms with van der Waals surface area (Å²) < 4.78 is 14.2. The van der Waals surface area contributed by atoms with Crippen molar-refractivity contribution < 1.29 is 14.0 Å². The molecule has 29 heavy (non-hydrogen) atoms. The number of carbonyl (C=O) groups excluding carboxylic acids is 2. The van der Waals surface area contributed by atoms with E-state index in [0.717, 1.165) is 19.3 Å². The molecule has 150 valence electrons. The minimum Gasteiger partial charge on any atom is -0.353 e. The topological polar surface area (TPSA) is 53.8 Å². The Morgan fingerprint density at radius 3 is 2.55 bits per heavy atom. The highest BCUT2D eigenvalue weighted by atomic mass is 19.1. The zero-order valence-electron chi connectivity index (χ0n) is 16.6. The molecule has 0 saturated heterocycles. The summed E-state index contributed by atoms with van der Waals surface area (Å²) in [4.78, 5) is 29.4. The molecule has 0 heterocycles. The molecule has 2 aromatic carbocycles. The summed E-state index contributed by atoms with van der Waals surface area (Å²) in [6.07, 6.45) is 2.94. The normalized spacial score (nSPS) is 18.1. The molecule has 1 N–H and O–H groups in total. The van der Waals surface area contributed by atoms with Crippen LogP contribution in [0.25, 0.3) is 16.0 Å². The second-order valence-corrected chi connectivity index (χ2v) is 7.35. The van der Waals surface area contributed by atoms with Crippen molar-refractivity contribution in [2.45, 2.75) is 44.7 Å². The summed E-state index contributed by atoms with van der Waals surface area (Å²) in [6, 6.07) is 11.4. The molecule has 0 radical (unpaired) electrons. The van der Waals surface area contributed by atoms with E-state index in [9.17, 15) is 14.0 Å². The molecule has 0 aliphatic heterocycles. The maximum Gasteiger partial charge on any atom is 0.253 e. The fraction of sp³-hybridized carbons (Fsp3) is 0.348. The summed E-state index contributed by atoms with van der Waals surface area (Å²) >= 11 is 0. The second kappa shape index (κ2) is 8.87. The molecule has 2 atom stereocenters. The summed E-state index contributed by atoms with van der Waals surface area (Å²) in [6.45, 7) is 8.78. The number of nitrogens with zero attached hydrogens (tertiary/aromatic N) is 2. The van der Waals surface area contributed by atoms with Crippen molar-refractivity contribution in [3.63, 3.8) is 0 Å². The highest BCUT2D eigenvalue weighted by molar-refractivity contribution is 5.94. The average Bonchev–Trinajstić information content (AvgIpc) is 3.21. The molecule has 0 bridgehead atoms. The Labute approximate surface area is 170 Å². The van der Waals surface area contributed by atoms with Gasteiger partial charge in [0.05, 0.1) is 6.57 Å². The van der Waals surface area contributed by atoms with Crippen molar-refractivity contribution in [3.05, 3.63) is 65.3 Å². The fourth-order valence-electron chi connectivity index (χ4n) is 3.74. The molecule has 1 fully saturated rings. The molecular weight excluding hydrogens is 369 g/mol. The van der Waals surface area contributed by atoms with Crippen LogP contribution in [0.1, 0.15) is 43.0 Å². The number of hydrogen-bond donors (Lipinski definition) is 1. The van der Waals surface area contributed by atoms with Gasteiger partial charge in [-0.15, -0.1) is 0 Å². The van der Waals surface area contributed by atoms with Crippen LogP contribution in [0.5, 0.6) is 0 Å². The van der Waals surface area contributed by atoms with Gasteiger partial charge in [0.15, 0.2) is 5.69 Å². The Balaban J connectivity index is 1.68. The van der Waals surface area contributed by atoms with Gasteiger partial charge >= 0.3 is 0 Å². The predicted octanol–water partition coefficient (Wildman–Crippen LogP) is 4.56. The smallest absolute Gasteiger partial charge is 0.253 e. The van der Waals surface area contributed by atoms with Crippen LogP contribution in [0.3, 0.4) is 0 Å². The first kappa shape index (κ1) is 20.5. The molecule has 1 saturated carbocycles. The number of amides is 2. The monoisotopic (exact) mass is 393 g/mol. The standard InChI is InChI=1S/C23H24FN3O2/c1-4-22(28)26-18-9-11-19(13-18)27(3)23(29)16-7-5-15(6-8-16)20-12-10-17(25-2)14-21(20)24/h5-8,10,12,14,18-19H,4,9,11,13H2,1,3H3,(H,26,28)/t18-,19+/m0/s1. The molecule has 1 aliphatic carbocycles. The largest absolute Gasteiger partial charge is 0.353 e. The minimum absolute atomic E-state index is 0.0388. The van der Waals surface area contributed by atoms with Gasteiger partial charge in [-0.05, 0) is 43.0 Å². The third kappa shape index (κ3) is 4.62. The lowest BCUT2D eigenvalue weighted by Crippen LogP contribution is -2.38. The van der Waals surface area contributed by atoms with E-state index in [4.69, 9.17) is 6.57 Å². The Kier molecular flexibility index (Phi) is 6.28. The quantitative estimate of drug-likeness (QED) is 0.757. The van der Waals surface area contributed by atoms with Gasteiger partial charge in [0.2, 0.25) is 5.91 Å². The van der Waals surface area contributed by atoms with E-state index in [-0.39, 0.29) is 29.6 Å². The Morgan fingerprint density at radius 1 is 1.21 bits per heavy atom. The lowest BCUT2D eigenvalue weighted by Gasteiger charge is -2.25. The lowest BCUT2D eigenvalue weighted by atomic mass is 10.0. The van der Waals surface area contributed by atoms with E-state index in [1.807, 2.05) is 6.92 Å². The van der Waals surface area contributed by atoms with Gasteiger partial charge in [-0.25, -0.2) is 9.24 Å². The first-order valence-electron chi connectivity index (χ1n) is 9.77. The lowest BCUT2D eigenvalue weighted by molar-refractivity contribution is -0.121. The molecule has 2 amide bonds. The van der Waals surface area contributed by atoms with Crippen molar-refractivity contribution in [2.75, 3.05) is 7.05 Å². The maximum atomic E-state index is 14.2. The van der Waals surface area contributed by atoms with E-state index >= 15 is 0 Å². The molecule has 1 aliphatic rings. The van der Waals surface area contributed by atoms with E-state index in [2.05, 4.69) is 10.2 Å². The van der Waals surface area contributed by atoms with Crippen LogP contribution in [-0.4, -0.2) is 35.8 Å². The van der Waals surface area contributed by atoms with Crippen molar-refractivity contribution in [1.29, 1.82) is 0 Å². The van der Waals surface area contributed by atoms with E-state index in [1.165, 1.54) is 6.07 Å². The highest BCUT2D eigenvalue weighted by Crippen LogP contribution is 2.28. The highest BCUT2D eigenvalue weighted by Gasteiger charge is 2.30. The van der Waals surface area contributed by atoms with Crippen LogP contribution in [0.15, 0.2) is 42.5 Å². The van der Waals surface area contributed by atoms with Crippen LogP contribution in [-0.2, 0) is 4.79 Å². The van der Waals surface area contributed by atoms with Crippen molar-refractivity contribution in [2.24, 2.45) is 0 Å². The molecular formula is C23H24FN3O2. The van der Waals surface area contributed by atoms with Crippen LogP contribution >= 0.6 is 0 Å². The van der Waals surface area contributed by atoms with Crippen molar-refractivity contribution in [3.8, 4) is 11.1 Å². The summed E-state index contributed by atoms with van der Waals surface area (Å²) in [5.41, 5.74) is 1.84. The Morgan fingerprint density at radius 2 is 1.93 bits per heavy atom. The Bertz CT molecular complexity index is 950. The number of carbonyl (C=O) groups is 2. The van der Waals surface area contributed by atoms with Crippen LogP contribution in [0.2, 0.25) is 0 Å². The SMILES string of the molecule is [C-]#[N+]c1ccc(-c2ccc(C(=O)N(C)[C@@H]3CC[C@H](NC(=O)CC)C3)cc2)c(F)c1. The molecule has 0 unspecified atom stereocenters. The first-order chi connectivity index (χ1) is 13.9. The summed E-state index contributed by atoms with van der Waals surface area (Å²) in [5, 5.41) is 3.00. The maximum absolute atomic E-state index is 14.2. The van der Waals surface area contributed by atoms with E-state index < -0.39 is 5.82 Å². The second-order valence-electron chi connectivity index (χ2n) is 7.35. The van der Waals surface area contributed by atoms with Crippen LogP contribution < -0.4 is 5.32 Å². The van der Waals surface area contributed by atoms with E-state index in [0.29, 0.717) is 23.1 Å². The third-order valence-corrected chi connectivity index (χ3v) is 5.48. The fourth-order valence-corrected chi connectivity index (χ4v) is 3.74.